The van der Waals surface area contributed by atoms with Gasteiger partial charge < -0.3 is 14.2 Å². The van der Waals surface area contributed by atoms with E-state index >= 15 is 0 Å². The summed E-state index contributed by atoms with van der Waals surface area (Å²) in [4.78, 5) is 11.6. The van der Waals surface area contributed by atoms with E-state index in [4.69, 9.17) is 14.2 Å². The van der Waals surface area contributed by atoms with Crippen LogP contribution in [0.5, 0.6) is 11.5 Å². The highest BCUT2D eigenvalue weighted by Crippen LogP contribution is 2.62. The predicted octanol–water partition coefficient (Wildman–Crippen LogP) is 5.18. The Bertz CT molecular complexity index is 748. The summed E-state index contributed by atoms with van der Waals surface area (Å²) in [5.41, 5.74) is 3.02. The highest BCUT2D eigenvalue weighted by atomic mass is 32.2. The normalized spacial score (nSPS) is 33.4. The van der Waals surface area contributed by atoms with Crippen molar-refractivity contribution in [2.75, 3.05) is 19.3 Å². The molecule has 28 heavy (non-hydrogen) atoms. The van der Waals surface area contributed by atoms with Crippen LogP contribution in [-0.2, 0) is 16.0 Å². The molecule has 5 unspecified atom stereocenters. The van der Waals surface area contributed by atoms with E-state index in [2.05, 4.69) is 19.1 Å². The Morgan fingerprint density at radius 3 is 2.75 bits per heavy atom. The van der Waals surface area contributed by atoms with Crippen LogP contribution in [0.15, 0.2) is 12.1 Å². The molecular weight excluding hydrogens is 372 g/mol. The number of thioether (sulfide) groups is 1. The summed E-state index contributed by atoms with van der Waals surface area (Å²) in [6, 6.07) is 4.45. The van der Waals surface area contributed by atoms with Gasteiger partial charge in [-0.2, -0.15) is 0 Å². The molecule has 0 aliphatic heterocycles. The summed E-state index contributed by atoms with van der Waals surface area (Å²) in [7, 11) is 1.73. The lowest BCUT2D eigenvalue weighted by Crippen LogP contribution is -2.45. The van der Waals surface area contributed by atoms with Gasteiger partial charge in [0.1, 0.15) is 12.0 Å². The third-order valence-corrected chi connectivity index (χ3v) is 7.92. The Labute approximate surface area is 172 Å². The first-order chi connectivity index (χ1) is 13.5. The number of esters is 1. The number of ether oxygens (including phenoxy) is 3. The average molecular weight is 405 g/mol. The molecule has 1 aromatic carbocycles. The van der Waals surface area contributed by atoms with E-state index in [1.807, 2.05) is 6.26 Å². The van der Waals surface area contributed by atoms with Gasteiger partial charge in [-0.1, -0.05) is 6.92 Å². The molecule has 0 spiro atoms. The van der Waals surface area contributed by atoms with E-state index in [1.54, 1.807) is 25.8 Å². The smallest absolute Gasteiger partial charge is 0.302 e. The number of fused-ring (bicyclic) bond motifs is 5. The summed E-state index contributed by atoms with van der Waals surface area (Å²) in [5, 5.41) is 0. The predicted molar refractivity (Wildman–Crippen MR) is 112 cm³/mol. The van der Waals surface area contributed by atoms with Crippen molar-refractivity contribution < 1.29 is 19.0 Å². The van der Waals surface area contributed by atoms with Gasteiger partial charge in [0.05, 0.1) is 7.11 Å². The van der Waals surface area contributed by atoms with E-state index in [1.165, 1.54) is 24.0 Å². The Hall–Kier alpha value is -1.36. The molecule has 4 rings (SSSR count). The minimum atomic E-state index is -0.134. The molecule has 4 nitrogen and oxygen atoms in total. The Morgan fingerprint density at radius 1 is 1.21 bits per heavy atom. The fourth-order valence-corrected chi connectivity index (χ4v) is 6.56. The van der Waals surface area contributed by atoms with Gasteiger partial charge in [0.25, 0.3) is 0 Å². The standard InChI is InChI=1S/C23H32O4S/c1-14(24)27-22-8-7-19-17-6-5-15-11-21(26-13-28-4)20(25-3)12-18(15)16(17)9-10-23(19,22)2/h11-12,16-17,19,22H,5-10,13H2,1-4H3. The molecule has 2 saturated carbocycles. The molecule has 0 amide bonds. The highest BCUT2D eigenvalue weighted by Gasteiger charge is 2.56. The largest absolute Gasteiger partial charge is 0.493 e. The van der Waals surface area contributed by atoms with Crippen molar-refractivity contribution in [1.82, 2.24) is 0 Å². The van der Waals surface area contributed by atoms with Gasteiger partial charge in [-0.25, -0.2) is 0 Å². The van der Waals surface area contributed by atoms with Crippen LogP contribution in [0.25, 0.3) is 0 Å². The molecule has 0 bridgehead atoms. The molecule has 5 atom stereocenters. The topological polar surface area (TPSA) is 44.8 Å². The number of hydrogen-bond donors (Lipinski definition) is 0. The third-order valence-electron chi connectivity index (χ3n) is 7.56. The Balaban J connectivity index is 1.61. The maximum Gasteiger partial charge on any atom is 0.302 e. The maximum atomic E-state index is 11.6. The van der Waals surface area contributed by atoms with Gasteiger partial charge in [-0.3, -0.25) is 4.79 Å². The lowest BCUT2D eigenvalue weighted by atomic mass is 9.55. The van der Waals surface area contributed by atoms with Crippen LogP contribution in [0.2, 0.25) is 0 Å². The minimum Gasteiger partial charge on any atom is -0.493 e. The van der Waals surface area contributed by atoms with Gasteiger partial charge in [0, 0.05) is 12.3 Å². The van der Waals surface area contributed by atoms with Gasteiger partial charge in [0.15, 0.2) is 11.5 Å². The molecule has 2 fully saturated rings. The van der Waals surface area contributed by atoms with Crippen molar-refractivity contribution in [3.8, 4) is 11.5 Å². The van der Waals surface area contributed by atoms with Crippen LogP contribution in [0.4, 0.5) is 0 Å². The first-order valence-corrected chi connectivity index (χ1v) is 11.9. The second-order valence-electron chi connectivity index (χ2n) is 8.89. The van der Waals surface area contributed by atoms with Crippen LogP contribution in [0.3, 0.4) is 0 Å². The third kappa shape index (κ3) is 3.30. The Morgan fingerprint density at radius 2 is 2.04 bits per heavy atom. The Kier molecular flexibility index (Phi) is 5.56. The quantitative estimate of drug-likeness (QED) is 0.500. The fourth-order valence-electron chi connectivity index (χ4n) is 6.32. The zero-order chi connectivity index (χ0) is 19.9. The SMILES string of the molecule is COc1cc2c(cc1OCSC)CCC1C2CCC2(C)C(OC(C)=O)CCC12. The molecule has 0 saturated heterocycles. The number of aryl methyl sites for hydroxylation is 1. The molecule has 0 aromatic heterocycles. The first-order valence-electron chi connectivity index (χ1n) is 10.5. The zero-order valence-corrected chi connectivity index (χ0v) is 18.3. The average Bonchev–Trinajstić information content (AvgIpc) is 3.01. The molecule has 1 aromatic rings. The zero-order valence-electron chi connectivity index (χ0n) is 17.5. The monoisotopic (exact) mass is 404 g/mol. The van der Waals surface area contributed by atoms with E-state index in [0.717, 1.165) is 37.2 Å². The summed E-state index contributed by atoms with van der Waals surface area (Å²) in [6.45, 7) is 3.91. The molecule has 5 heteroatoms. The fraction of sp³-hybridized carbons (Fsp3) is 0.696. The number of methoxy groups -OCH3 is 1. The van der Waals surface area contributed by atoms with E-state index in [0.29, 0.717) is 23.7 Å². The molecular formula is C23H32O4S. The molecule has 3 aliphatic carbocycles. The van der Waals surface area contributed by atoms with E-state index < -0.39 is 0 Å². The summed E-state index contributed by atoms with van der Waals surface area (Å²) in [6.07, 6.45) is 8.94. The second-order valence-corrected chi connectivity index (χ2v) is 9.70. The van der Waals surface area contributed by atoms with Crippen molar-refractivity contribution in [3.05, 3.63) is 23.3 Å². The van der Waals surface area contributed by atoms with Crippen molar-refractivity contribution in [2.45, 2.75) is 64.4 Å². The number of hydrogen-bond acceptors (Lipinski definition) is 5. The van der Waals surface area contributed by atoms with Crippen LogP contribution in [0, 0.1) is 17.3 Å². The minimum absolute atomic E-state index is 0.0919. The summed E-state index contributed by atoms with van der Waals surface area (Å²) >= 11 is 1.67. The molecule has 3 aliphatic rings. The summed E-state index contributed by atoms with van der Waals surface area (Å²) in [5.74, 6) is 4.12. The first kappa shape index (κ1) is 19.9. The maximum absolute atomic E-state index is 11.6. The van der Waals surface area contributed by atoms with Crippen LogP contribution >= 0.6 is 11.8 Å². The van der Waals surface area contributed by atoms with Crippen LogP contribution in [0.1, 0.15) is 63.0 Å². The number of benzene rings is 1. The lowest BCUT2D eigenvalue weighted by Gasteiger charge is -2.50. The van der Waals surface area contributed by atoms with E-state index in [9.17, 15) is 4.79 Å². The highest BCUT2D eigenvalue weighted by molar-refractivity contribution is 7.98. The van der Waals surface area contributed by atoms with Crippen molar-refractivity contribution in [3.63, 3.8) is 0 Å². The van der Waals surface area contributed by atoms with Gasteiger partial charge >= 0.3 is 5.97 Å². The number of rotatable bonds is 5. The van der Waals surface area contributed by atoms with Crippen molar-refractivity contribution in [1.29, 1.82) is 0 Å². The number of carbonyl (C=O) groups excluding carboxylic acids is 1. The van der Waals surface area contributed by atoms with Gasteiger partial charge in [-0.05, 0) is 85.8 Å². The molecule has 0 N–H and O–H groups in total. The lowest BCUT2D eigenvalue weighted by molar-refractivity contribution is -0.154. The van der Waals surface area contributed by atoms with Gasteiger partial charge in [0.2, 0.25) is 0 Å². The second kappa shape index (κ2) is 7.81. The van der Waals surface area contributed by atoms with Crippen LogP contribution in [-0.4, -0.2) is 31.4 Å². The van der Waals surface area contributed by atoms with E-state index in [-0.39, 0.29) is 17.5 Å². The van der Waals surface area contributed by atoms with Gasteiger partial charge in [-0.15, -0.1) is 11.8 Å². The van der Waals surface area contributed by atoms with Crippen molar-refractivity contribution >= 4 is 17.7 Å². The summed E-state index contributed by atoms with van der Waals surface area (Å²) < 4.78 is 17.3. The molecule has 0 radical (unpaired) electrons. The van der Waals surface area contributed by atoms with Crippen molar-refractivity contribution in [2.24, 2.45) is 17.3 Å². The molecule has 0 heterocycles. The molecule has 154 valence electrons. The number of carbonyl (C=O) groups is 1. The van der Waals surface area contributed by atoms with Crippen LogP contribution < -0.4 is 9.47 Å².